The summed E-state index contributed by atoms with van der Waals surface area (Å²) in [5.74, 6) is -2.78. The van der Waals surface area contributed by atoms with Crippen molar-refractivity contribution in [2.24, 2.45) is 5.73 Å². The second-order valence-electron chi connectivity index (χ2n) is 7.41. The fourth-order valence-electron chi connectivity index (χ4n) is 3.81. The number of hydrogen-bond donors (Lipinski definition) is 4. The van der Waals surface area contributed by atoms with Crippen LogP contribution in [-0.2, 0) is 14.4 Å². The molecule has 1 aromatic carbocycles. The number of carbonyl (C=O) groups is 3. The number of benzene rings is 1. The maximum atomic E-state index is 13.0. The van der Waals surface area contributed by atoms with Gasteiger partial charge < -0.3 is 26.2 Å². The van der Waals surface area contributed by atoms with Gasteiger partial charge >= 0.3 is 11.9 Å². The van der Waals surface area contributed by atoms with Gasteiger partial charge in [-0.25, -0.2) is 4.79 Å². The normalized spacial score (nSPS) is 18.4. The van der Waals surface area contributed by atoms with Crippen LogP contribution in [-0.4, -0.2) is 64.7 Å². The second-order valence-corrected chi connectivity index (χ2v) is 7.41. The predicted octanol–water partition coefficient (Wildman–Crippen LogP) is 1.41. The van der Waals surface area contributed by atoms with E-state index < -0.39 is 29.9 Å². The third-order valence-corrected chi connectivity index (χ3v) is 5.39. The highest BCUT2D eigenvalue weighted by molar-refractivity contribution is 5.87. The Balaban J connectivity index is 2.01. The molecule has 160 valence electrons. The Morgan fingerprint density at radius 1 is 1.14 bits per heavy atom. The lowest BCUT2D eigenvalue weighted by Gasteiger charge is -2.28. The van der Waals surface area contributed by atoms with Crippen molar-refractivity contribution in [3.05, 3.63) is 35.9 Å². The first-order chi connectivity index (χ1) is 14.0. The van der Waals surface area contributed by atoms with Crippen LogP contribution in [0.4, 0.5) is 0 Å². The van der Waals surface area contributed by atoms with Gasteiger partial charge in [-0.2, -0.15) is 0 Å². The van der Waals surface area contributed by atoms with Crippen LogP contribution in [0.1, 0.15) is 50.0 Å². The van der Waals surface area contributed by atoms with Crippen LogP contribution in [0.15, 0.2) is 30.3 Å². The average molecular weight is 405 g/mol. The van der Waals surface area contributed by atoms with Crippen molar-refractivity contribution in [3.8, 4) is 0 Å². The SMILES string of the molecule is NCCCC[C@H](NCCC(C(=O)O)c1ccccc1)C(=O)N1CCC[C@H]1C(=O)O. The Bertz CT molecular complexity index is 682. The topological polar surface area (TPSA) is 133 Å². The van der Waals surface area contributed by atoms with Crippen LogP contribution in [0, 0.1) is 0 Å². The molecule has 8 heteroatoms. The zero-order valence-corrected chi connectivity index (χ0v) is 16.6. The molecule has 0 radical (unpaired) electrons. The summed E-state index contributed by atoms with van der Waals surface area (Å²) in [4.78, 5) is 37.5. The molecule has 3 atom stereocenters. The van der Waals surface area contributed by atoms with Gasteiger partial charge in [0.15, 0.2) is 0 Å². The molecule has 1 aliphatic rings. The summed E-state index contributed by atoms with van der Waals surface area (Å²) < 4.78 is 0. The highest BCUT2D eigenvalue weighted by Crippen LogP contribution is 2.21. The number of unbranched alkanes of at least 4 members (excludes halogenated alkanes) is 1. The third kappa shape index (κ3) is 6.54. The number of carbonyl (C=O) groups excluding carboxylic acids is 1. The van der Waals surface area contributed by atoms with Gasteiger partial charge in [-0.3, -0.25) is 9.59 Å². The van der Waals surface area contributed by atoms with E-state index in [-0.39, 0.29) is 5.91 Å². The molecule has 2 rings (SSSR count). The van der Waals surface area contributed by atoms with E-state index in [0.717, 1.165) is 18.4 Å². The zero-order chi connectivity index (χ0) is 21.2. The highest BCUT2D eigenvalue weighted by Gasteiger charge is 2.36. The van der Waals surface area contributed by atoms with Crippen molar-refractivity contribution in [1.82, 2.24) is 10.2 Å². The Labute approximate surface area is 171 Å². The van der Waals surface area contributed by atoms with E-state index in [0.29, 0.717) is 45.3 Å². The molecule has 1 aromatic rings. The summed E-state index contributed by atoms with van der Waals surface area (Å²) in [5, 5.41) is 22.1. The number of carboxylic acid groups (broad SMARTS) is 2. The molecular weight excluding hydrogens is 374 g/mol. The van der Waals surface area contributed by atoms with Crippen LogP contribution >= 0.6 is 0 Å². The maximum Gasteiger partial charge on any atom is 0.326 e. The van der Waals surface area contributed by atoms with Gasteiger partial charge in [-0.1, -0.05) is 36.8 Å². The first kappa shape index (κ1) is 22.8. The van der Waals surface area contributed by atoms with E-state index in [1.807, 2.05) is 6.07 Å². The van der Waals surface area contributed by atoms with Crippen molar-refractivity contribution >= 4 is 17.8 Å². The number of carboxylic acids is 2. The summed E-state index contributed by atoms with van der Waals surface area (Å²) >= 11 is 0. The molecule has 1 unspecified atom stereocenters. The fraction of sp³-hybridized carbons (Fsp3) is 0.571. The van der Waals surface area contributed by atoms with Crippen LogP contribution in [0.3, 0.4) is 0 Å². The second kappa shape index (κ2) is 11.5. The molecule has 8 nitrogen and oxygen atoms in total. The molecule has 0 spiro atoms. The molecule has 0 aliphatic carbocycles. The molecule has 0 aromatic heterocycles. The fourth-order valence-corrected chi connectivity index (χ4v) is 3.81. The molecule has 0 saturated carbocycles. The lowest BCUT2D eigenvalue weighted by Crippen LogP contribution is -2.50. The van der Waals surface area contributed by atoms with E-state index in [1.165, 1.54) is 4.90 Å². The first-order valence-corrected chi connectivity index (χ1v) is 10.2. The van der Waals surface area contributed by atoms with Crippen LogP contribution in [0.2, 0.25) is 0 Å². The molecule has 0 bridgehead atoms. The molecule has 1 aliphatic heterocycles. The Morgan fingerprint density at radius 3 is 2.48 bits per heavy atom. The van der Waals surface area contributed by atoms with Gasteiger partial charge in [-0.15, -0.1) is 0 Å². The van der Waals surface area contributed by atoms with Crippen LogP contribution < -0.4 is 11.1 Å². The number of nitrogens with two attached hydrogens (primary N) is 1. The minimum atomic E-state index is -0.980. The van der Waals surface area contributed by atoms with Crippen LogP contribution in [0.25, 0.3) is 0 Å². The number of aliphatic carboxylic acids is 2. The highest BCUT2D eigenvalue weighted by atomic mass is 16.4. The average Bonchev–Trinajstić information content (AvgIpc) is 3.20. The standard InChI is InChI=1S/C21H31N3O5/c22-12-5-4-9-17(19(25)24-14-6-10-18(24)21(28)29)23-13-11-16(20(26)27)15-7-2-1-3-8-15/h1-3,7-8,16-18,23H,4-6,9-14,22H2,(H,26,27)(H,28,29)/t16?,17-,18-/m0/s1. The van der Waals surface area contributed by atoms with Crippen molar-refractivity contribution in [3.63, 3.8) is 0 Å². The van der Waals surface area contributed by atoms with Crippen LogP contribution in [0.5, 0.6) is 0 Å². The maximum absolute atomic E-state index is 13.0. The Kier molecular flexibility index (Phi) is 9.08. The molecule has 1 amide bonds. The predicted molar refractivity (Wildman–Crippen MR) is 109 cm³/mol. The van der Waals surface area contributed by atoms with Gasteiger partial charge in [0.2, 0.25) is 5.91 Å². The molecular formula is C21H31N3O5. The summed E-state index contributed by atoms with van der Waals surface area (Å²) in [6.45, 7) is 1.31. The number of nitrogens with zero attached hydrogens (tertiary/aromatic N) is 1. The van der Waals surface area contributed by atoms with Gasteiger partial charge in [0.05, 0.1) is 12.0 Å². The van der Waals surface area contributed by atoms with Crippen molar-refractivity contribution < 1.29 is 24.6 Å². The Morgan fingerprint density at radius 2 is 1.86 bits per heavy atom. The molecule has 29 heavy (non-hydrogen) atoms. The van der Waals surface area contributed by atoms with E-state index >= 15 is 0 Å². The molecule has 5 N–H and O–H groups in total. The summed E-state index contributed by atoms with van der Waals surface area (Å²) in [6.07, 6.45) is 3.53. The van der Waals surface area contributed by atoms with Gasteiger partial charge in [-0.05, 0) is 50.8 Å². The lowest BCUT2D eigenvalue weighted by atomic mass is 9.95. The Hall–Kier alpha value is -2.45. The number of nitrogens with one attached hydrogen (secondary N) is 1. The summed E-state index contributed by atoms with van der Waals surface area (Å²) in [5.41, 5.74) is 6.27. The minimum absolute atomic E-state index is 0.224. The number of rotatable bonds is 12. The molecule has 1 fully saturated rings. The zero-order valence-electron chi connectivity index (χ0n) is 16.6. The smallest absolute Gasteiger partial charge is 0.326 e. The van der Waals surface area contributed by atoms with E-state index in [2.05, 4.69) is 5.32 Å². The first-order valence-electron chi connectivity index (χ1n) is 10.2. The lowest BCUT2D eigenvalue weighted by molar-refractivity contribution is -0.149. The van der Waals surface area contributed by atoms with Gasteiger partial charge in [0.25, 0.3) is 0 Å². The third-order valence-electron chi connectivity index (χ3n) is 5.39. The van der Waals surface area contributed by atoms with Gasteiger partial charge in [0, 0.05) is 6.54 Å². The minimum Gasteiger partial charge on any atom is -0.481 e. The molecule has 1 heterocycles. The number of likely N-dealkylation sites (tertiary alicyclic amines) is 1. The van der Waals surface area contributed by atoms with E-state index in [4.69, 9.17) is 5.73 Å². The quantitative estimate of drug-likeness (QED) is 0.386. The van der Waals surface area contributed by atoms with Crippen molar-refractivity contribution in [2.75, 3.05) is 19.6 Å². The van der Waals surface area contributed by atoms with Crippen molar-refractivity contribution in [1.29, 1.82) is 0 Å². The number of hydrogen-bond acceptors (Lipinski definition) is 5. The van der Waals surface area contributed by atoms with E-state index in [1.54, 1.807) is 24.3 Å². The monoisotopic (exact) mass is 405 g/mol. The summed E-state index contributed by atoms with van der Waals surface area (Å²) in [6, 6.07) is 7.69. The number of amides is 1. The van der Waals surface area contributed by atoms with E-state index in [9.17, 15) is 24.6 Å². The summed E-state index contributed by atoms with van der Waals surface area (Å²) in [7, 11) is 0. The largest absolute Gasteiger partial charge is 0.481 e. The van der Waals surface area contributed by atoms with Crippen molar-refractivity contribution in [2.45, 2.75) is 56.5 Å². The molecule has 1 saturated heterocycles. The van der Waals surface area contributed by atoms with Gasteiger partial charge in [0.1, 0.15) is 6.04 Å².